The fraction of sp³-hybridized carbons (Fsp3) is 0.750. The number of nitrogens with one attached hydrogen (secondary N) is 2. The number of aryl methyl sites for hydroxylation is 2. The van der Waals surface area contributed by atoms with Crippen LogP contribution in [0.3, 0.4) is 0 Å². The number of aliphatic imine (C=N–C) groups is 1. The van der Waals surface area contributed by atoms with Crippen molar-refractivity contribution in [2.75, 3.05) is 33.4 Å². The van der Waals surface area contributed by atoms with Crippen molar-refractivity contribution in [1.29, 1.82) is 0 Å². The zero-order valence-electron chi connectivity index (χ0n) is 14.4. The van der Waals surface area contributed by atoms with Gasteiger partial charge in [0.1, 0.15) is 0 Å². The molecule has 0 fully saturated rings. The van der Waals surface area contributed by atoms with Gasteiger partial charge >= 0.3 is 0 Å². The van der Waals surface area contributed by atoms with Crippen molar-refractivity contribution in [3.8, 4) is 0 Å². The highest BCUT2D eigenvalue weighted by Gasteiger charge is 2.04. The van der Waals surface area contributed by atoms with Gasteiger partial charge in [0.25, 0.3) is 0 Å². The van der Waals surface area contributed by atoms with Crippen molar-refractivity contribution < 1.29 is 4.74 Å². The third-order valence-electron chi connectivity index (χ3n) is 3.27. The Kier molecular flexibility index (Phi) is 9.82. The fourth-order valence-corrected chi connectivity index (χ4v) is 2.99. The van der Waals surface area contributed by atoms with Crippen LogP contribution in [0.4, 0.5) is 0 Å². The molecular weight excluding hydrogens is 296 g/mol. The molecule has 1 aromatic rings. The van der Waals surface area contributed by atoms with Crippen LogP contribution < -0.4 is 10.6 Å². The van der Waals surface area contributed by atoms with E-state index in [1.807, 2.05) is 0 Å². The minimum absolute atomic E-state index is 0.809. The summed E-state index contributed by atoms with van der Waals surface area (Å²) in [6, 6.07) is 0. The van der Waals surface area contributed by atoms with Gasteiger partial charge in [-0.05, 0) is 26.7 Å². The molecule has 1 heterocycles. The van der Waals surface area contributed by atoms with Crippen LogP contribution in [-0.2, 0) is 11.2 Å². The molecule has 0 unspecified atom stereocenters. The van der Waals surface area contributed by atoms with Gasteiger partial charge in [-0.1, -0.05) is 13.3 Å². The maximum absolute atomic E-state index is 5.54. The van der Waals surface area contributed by atoms with E-state index in [0.717, 1.165) is 62.2 Å². The molecule has 6 heteroatoms. The summed E-state index contributed by atoms with van der Waals surface area (Å²) in [7, 11) is 1.80. The summed E-state index contributed by atoms with van der Waals surface area (Å²) >= 11 is 1.78. The number of rotatable bonds is 10. The quantitative estimate of drug-likeness (QED) is 0.394. The van der Waals surface area contributed by atoms with Gasteiger partial charge in [-0.2, -0.15) is 0 Å². The van der Waals surface area contributed by atoms with Gasteiger partial charge < -0.3 is 15.4 Å². The molecular formula is C16H30N4OS. The Hall–Kier alpha value is -1.14. The van der Waals surface area contributed by atoms with Gasteiger partial charge in [0, 0.05) is 44.6 Å². The molecule has 0 aliphatic carbocycles. The Morgan fingerprint density at radius 1 is 1.18 bits per heavy atom. The number of hydrogen-bond donors (Lipinski definition) is 2. The van der Waals surface area contributed by atoms with E-state index in [9.17, 15) is 0 Å². The minimum atomic E-state index is 0.809. The number of guanidine groups is 1. The van der Waals surface area contributed by atoms with Crippen LogP contribution in [0.2, 0.25) is 0 Å². The smallest absolute Gasteiger partial charge is 0.190 e. The van der Waals surface area contributed by atoms with E-state index < -0.39 is 0 Å². The van der Waals surface area contributed by atoms with Gasteiger partial charge in [-0.3, -0.25) is 4.99 Å². The van der Waals surface area contributed by atoms with Gasteiger partial charge in [0.05, 0.1) is 10.7 Å². The Balaban J connectivity index is 2.11. The predicted molar refractivity (Wildman–Crippen MR) is 95.0 cm³/mol. The molecule has 126 valence electrons. The highest BCUT2D eigenvalue weighted by atomic mass is 32.1. The Labute approximate surface area is 138 Å². The van der Waals surface area contributed by atoms with Crippen LogP contribution in [0.1, 0.15) is 41.8 Å². The summed E-state index contributed by atoms with van der Waals surface area (Å²) in [6.45, 7) is 9.73. The topological polar surface area (TPSA) is 58.5 Å². The number of nitrogens with zero attached hydrogens (tertiary/aromatic N) is 2. The monoisotopic (exact) mass is 326 g/mol. The Morgan fingerprint density at radius 2 is 1.91 bits per heavy atom. The summed E-state index contributed by atoms with van der Waals surface area (Å²) in [5.74, 6) is 0.854. The van der Waals surface area contributed by atoms with Crippen molar-refractivity contribution in [3.05, 3.63) is 15.6 Å². The summed E-state index contributed by atoms with van der Waals surface area (Å²) in [5, 5.41) is 7.79. The van der Waals surface area contributed by atoms with E-state index >= 15 is 0 Å². The van der Waals surface area contributed by atoms with E-state index in [1.54, 1.807) is 18.4 Å². The second kappa shape index (κ2) is 11.4. The highest BCUT2D eigenvalue weighted by Crippen LogP contribution is 2.16. The second-order valence-corrected chi connectivity index (χ2v) is 6.52. The molecule has 1 aromatic heterocycles. The van der Waals surface area contributed by atoms with E-state index in [4.69, 9.17) is 4.74 Å². The first-order chi connectivity index (χ1) is 10.7. The molecule has 5 nitrogen and oxygen atoms in total. The first kappa shape index (κ1) is 18.9. The van der Waals surface area contributed by atoms with Gasteiger partial charge in [-0.25, -0.2) is 4.98 Å². The van der Waals surface area contributed by atoms with Crippen molar-refractivity contribution in [1.82, 2.24) is 15.6 Å². The van der Waals surface area contributed by atoms with Crippen molar-refractivity contribution in [2.45, 2.75) is 46.5 Å². The lowest BCUT2D eigenvalue weighted by Crippen LogP contribution is -2.39. The van der Waals surface area contributed by atoms with Crippen LogP contribution in [0.25, 0.3) is 0 Å². The number of thiazole rings is 1. The fourth-order valence-electron chi connectivity index (χ4n) is 2.05. The first-order valence-electron chi connectivity index (χ1n) is 8.12. The molecule has 0 amide bonds. The normalized spacial score (nSPS) is 11.7. The molecule has 0 bridgehead atoms. The number of aromatic nitrogens is 1. The van der Waals surface area contributed by atoms with Gasteiger partial charge in [0.2, 0.25) is 0 Å². The third kappa shape index (κ3) is 7.75. The third-order valence-corrected chi connectivity index (χ3v) is 4.40. The molecule has 0 radical (unpaired) electrons. The highest BCUT2D eigenvalue weighted by molar-refractivity contribution is 7.11. The summed E-state index contributed by atoms with van der Waals surface area (Å²) in [4.78, 5) is 10.0. The summed E-state index contributed by atoms with van der Waals surface area (Å²) in [6.07, 6.45) is 4.32. The standard InChI is InChI=1S/C16H30N4OS/c1-5-6-11-21-12-7-9-18-16(17-4)19-10-8-15-13(2)20-14(3)22-15/h5-12H2,1-4H3,(H2,17,18,19). The predicted octanol–water partition coefficient (Wildman–Crippen LogP) is 2.67. The van der Waals surface area contributed by atoms with Crippen LogP contribution >= 0.6 is 11.3 Å². The molecule has 0 aliphatic rings. The van der Waals surface area contributed by atoms with Crippen molar-refractivity contribution in [3.63, 3.8) is 0 Å². The zero-order chi connectivity index (χ0) is 16.2. The molecule has 2 N–H and O–H groups in total. The largest absolute Gasteiger partial charge is 0.381 e. The Morgan fingerprint density at radius 3 is 2.55 bits per heavy atom. The van der Waals surface area contributed by atoms with Crippen LogP contribution in [0.5, 0.6) is 0 Å². The lowest BCUT2D eigenvalue weighted by atomic mass is 10.3. The SMILES string of the molecule is CCCCOCCCNC(=NC)NCCc1sc(C)nc1C. The molecule has 0 saturated carbocycles. The van der Waals surface area contributed by atoms with E-state index in [0.29, 0.717) is 0 Å². The minimum Gasteiger partial charge on any atom is -0.381 e. The summed E-state index contributed by atoms with van der Waals surface area (Å²) in [5.41, 5.74) is 1.15. The molecule has 1 rings (SSSR count). The van der Waals surface area contributed by atoms with Crippen LogP contribution in [0, 0.1) is 13.8 Å². The van der Waals surface area contributed by atoms with Crippen molar-refractivity contribution >= 4 is 17.3 Å². The van der Waals surface area contributed by atoms with Gasteiger partial charge in [-0.15, -0.1) is 11.3 Å². The average molecular weight is 327 g/mol. The number of unbranched alkanes of at least 4 members (excludes halogenated alkanes) is 1. The van der Waals surface area contributed by atoms with Gasteiger partial charge in [0.15, 0.2) is 5.96 Å². The second-order valence-electron chi connectivity index (χ2n) is 5.24. The first-order valence-corrected chi connectivity index (χ1v) is 8.94. The molecule has 22 heavy (non-hydrogen) atoms. The molecule has 0 aromatic carbocycles. The average Bonchev–Trinajstić information content (AvgIpc) is 2.82. The van der Waals surface area contributed by atoms with E-state index in [1.165, 1.54) is 11.3 Å². The lowest BCUT2D eigenvalue weighted by Gasteiger charge is -2.11. The lowest BCUT2D eigenvalue weighted by molar-refractivity contribution is 0.129. The van der Waals surface area contributed by atoms with Crippen LogP contribution in [-0.4, -0.2) is 44.3 Å². The number of hydrogen-bond acceptors (Lipinski definition) is 4. The number of ether oxygens (including phenoxy) is 1. The maximum Gasteiger partial charge on any atom is 0.190 e. The molecule has 0 aliphatic heterocycles. The maximum atomic E-state index is 5.54. The summed E-state index contributed by atoms with van der Waals surface area (Å²) < 4.78 is 5.54. The molecule has 0 atom stereocenters. The molecule has 0 spiro atoms. The molecule has 0 saturated heterocycles. The van der Waals surface area contributed by atoms with Crippen molar-refractivity contribution in [2.24, 2.45) is 4.99 Å². The van der Waals surface area contributed by atoms with Crippen LogP contribution in [0.15, 0.2) is 4.99 Å². The Bertz CT molecular complexity index is 445. The zero-order valence-corrected chi connectivity index (χ0v) is 15.2. The van der Waals surface area contributed by atoms with E-state index in [2.05, 4.69) is 41.4 Å². The van der Waals surface area contributed by atoms with E-state index in [-0.39, 0.29) is 0 Å².